The van der Waals surface area contributed by atoms with Gasteiger partial charge in [0.1, 0.15) is 0 Å². The number of nitrogens with zero attached hydrogens (tertiary/aromatic N) is 2. The number of hydrogen-bond acceptors (Lipinski definition) is 2. The van der Waals surface area contributed by atoms with E-state index in [-0.39, 0.29) is 5.92 Å². The summed E-state index contributed by atoms with van der Waals surface area (Å²) in [5.41, 5.74) is 4.09. The molecule has 0 saturated carbocycles. The molecule has 3 nitrogen and oxygen atoms in total. The van der Waals surface area contributed by atoms with Gasteiger partial charge in [0.15, 0.2) is 0 Å². The summed E-state index contributed by atoms with van der Waals surface area (Å²) < 4.78 is 0. The maximum atomic E-state index is 13.0. The van der Waals surface area contributed by atoms with Crippen molar-refractivity contribution in [2.75, 3.05) is 19.6 Å². The van der Waals surface area contributed by atoms with Gasteiger partial charge in [-0.2, -0.15) is 0 Å². The summed E-state index contributed by atoms with van der Waals surface area (Å²) >= 11 is 0. The van der Waals surface area contributed by atoms with Crippen LogP contribution in [0.3, 0.4) is 0 Å². The largest absolute Gasteiger partial charge is 0.338 e. The van der Waals surface area contributed by atoms with Crippen molar-refractivity contribution in [1.29, 1.82) is 0 Å². The van der Waals surface area contributed by atoms with Crippen molar-refractivity contribution in [2.45, 2.75) is 38.8 Å². The third-order valence-electron chi connectivity index (χ3n) is 6.15. The molecule has 2 aromatic rings. The first-order valence-corrected chi connectivity index (χ1v) is 9.87. The van der Waals surface area contributed by atoms with E-state index in [9.17, 15) is 4.79 Å². The molecular weight excluding hydrogens is 320 g/mol. The smallest absolute Gasteiger partial charge is 0.226 e. The quantitative estimate of drug-likeness (QED) is 0.836. The second-order valence-electron chi connectivity index (χ2n) is 7.68. The summed E-state index contributed by atoms with van der Waals surface area (Å²) in [5, 5.41) is 0. The van der Waals surface area contributed by atoms with Crippen molar-refractivity contribution >= 4 is 5.91 Å². The van der Waals surface area contributed by atoms with Crippen LogP contribution in [0.2, 0.25) is 0 Å². The summed E-state index contributed by atoms with van der Waals surface area (Å²) in [6.45, 7) is 5.96. The number of likely N-dealkylation sites (tertiary alicyclic amines) is 1. The Morgan fingerprint density at radius 3 is 2.31 bits per heavy atom. The molecule has 3 heteroatoms. The molecule has 0 radical (unpaired) electrons. The lowest BCUT2D eigenvalue weighted by Crippen LogP contribution is -2.44. The van der Waals surface area contributed by atoms with Crippen molar-refractivity contribution in [1.82, 2.24) is 9.80 Å². The number of fused-ring (bicyclic) bond motifs is 1. The molecule has 0 N–H and O–H groups in total. The number of hydrogen-bond donors (Lipinski definition) is 0. The fourth-order valence-corrected chi connectivity index (χ4v) is 4.42. The number of carbonyl (C=O) groups is 1. The first-order chi connectivity index (χ1) is 12.7. The Balaban J connectivity index is 1.34. The molecule has 0 aliphatic carbocycles. The Labute approximate surface area is 156 Å². The molecule has 1 amide bonds. The topological polar surface area (TPSA) is 23.6 Å². The zero-order valence-corrected chi connectivity index (χ0v) is 15.6. The first kappa shape index (κ1) is 17.3. The monoisotopic (exact) mass is 348 g/mol. The lowest BCUT2D eigenvalue weighted by Gasteiger charge is -2.38. The Morgan fingerprint density at radius 1 is 0.923 bits per heavy atom. The molecule has 2 aliphatic heterocycles. The van der Waals surface area contributed by atoms with Gasteiger partial charge in [0.2, 0.25) is 5.91 Å². The minimum atomic E-state index is 0.194. The predicted octanol–water partition coefficient (Wildman–Crippen LogP) is 4.04. The van der Waals surface area contributed by atoms with E-state index in [4.69, 9.17) is 0 Å². The van der Waals surface area contributed by atoms with Gasteiger partial charge in [-0.3, -0.25) is 9.69 Å². The van der Waals surface area contributed by atoms with Crippen LogP contribution in [0.15, 0.2) is 54.6 Å². The SMILES string of the molecule is C[C@H](c1ccccc1)N1CCC(C(=O)N2CCc3ccccc3C2)CC1. The fraction of sp³-hybridized carbons (Fsp3) is 0.435. The summed E-state index contributed by atoms with van der Waals surface area (Å²) in [6, 6.07) is 19.6. The van der Waals surface area contributed by atoms with Gasteiger partial charge >= 0.3 is 0 Å². The number of amides is 1. The maximum absolute atomic E-state index is 13.0. The molecule has 2 aliphatic rings. The van der Waals surface area contributed by atoms with E-state index in [1.165, 1.54) is 16.7 Å². The lowest BCUT2D eigenvalue weighted by atomic mass is 9.92. The van der Waals surface area contributed by atoms with Gasteiger partial charge in [-0.15, -0.1) is 0 Å². The Bertz CT molecular complexity index is 750. The molecule has 1 fully saturated rings. The second kappa shape index (κ2) is 7.63. The number of piperidine rings is 1. The van der Waals surface area contributed by atoms with Gasteiger partial charge in [-0.1, -0.05) is 54.6 Å². The highest BCUT2D eigenvalue weighted by Crippen LogP contribution is 2.29. The molecular formula is C23H28N2O. The Morgan fingerprint density at radius 2 is 1.58 bits per heavy atom. The third kappa shape index (κ3) is 3.54. The average Bonchev–Trinajstić information content (AvgIpc) is 2.73. The molecule has 136 valence electrons. The van der Waals surface area contributed by atoms with Crippen LogP contribution < -0.4 is 0 Å². The number of rotatable bonds is 3. The molecule has 0 aromatic heterocycles. The van der Waals surface area contributed by atoms with Crippen molar-refractivity contribution in [3.8, 4) is 0 Å². The summed E-state index contributed by atoms with van der Waals surface area (Å²) in [4.78, 5) is 17.6. The molecule has 1 saturated heterocycles. The molecule has 0 bridgehead atoms. The molecule has 2 heterocycles. The van der Waals surface area contributed by atoms with Crippen LogP contribution in [0, 0.1) is 5.92 Å². The van der Waals surface area contributed by atoms with Crippen LogP contribution >= 0.6 is 0 Å². The Hall–Kier alpha value is -2.13. The van der Waals surface area contributed by atoms with Crippen LogP contribution in [0.5, 0.6) is 0 Å². The van der Waals surface area contributed by atoms with E-state index in [1.807, 2.05) is 0 Å². The molecule has 0 unspecified atom stereocenters. The maximum Gasteiger partial charge on any atom is 0.226 e. The third-order valence-corrected chi connectivity index (χ3v) is 6.15. The molecule has 0 spiro atoms. The molecule has 4 rings (SSSR count). The zero-order valence-electron chi connectivity index (χ0n) is 15.6. The van der Waals surface area contributed by atoms with Crippen LogP contribution in [0.4, 0.5) is 0 Å². The van der Waals surface area contributed by atoms with Gasteiger partial charge in [0, 0.05) is 25.0 Å². The van der Waals surface area contributed by atoms with Crippen LogP contribution in [-0.4, -0.2) is 35.3 Å². The highest BCUT2D eigenvalue weighted by molar-refractivity contribution is 5.79. The standard InChI is InChI=1S/C23H28N2O/c1-18(19-7-3-2-4-8-19)24-14-12-21(13-15-24)23(26)25-16-11-20-9-5-6-10-22(20)17-25/h2-10,18,21H,11-17H2,1H3/t18-/m1/s1. The van der Waals surface area contributed by atoms with E-state index in [0.717, 1.165) is 45.4 Å². The minimum Gasteiger partial charge on any atom is -0.338 e. The molecule has 2 aromatic carbocycles. The number of carbonyl (C=O) groups excluding carboxylic acids is 1. The Kier molecular flexibility index (Phi) is 5.07. The van der Waals surface area contributed by atoms with E-state index in [0.29, 0.717) is 11.9 Å². The van der Waals surface area contributed by atoms with Crippen molar-refractivity contribution in [3.63, 3.8) is 0 Å². The van der Waals surface area contributed by atoms with Crippen molar-refractivity contribution in [3.05, 3.63) is 71.3 Å². The van der Waals surface area contributed by atoms with Gasteiger partial charge in [-0.25, -0.2) is 0 Å². The highest BCUT2D eigenvalue weighted by Gasteiger charge is 2.31. The average molecular weight is 348 g/mol. The second-order valence-corrected chi connectivity index (χ2v) is 7.68. The zero-order chi connectivity index (χ0) is 17.9. The van der Waals surface area contributed by atoms with E-state index in [2.05, 4.69) is 71.3 Å². The summed E-state index contributed by atoms with van der Waals surface area (Å²) in [6.07, 6.45) is 2.95. The van der Waals surface area contributed by atoms with Crippen LogP contribution in [0.25, 0.3) is 0 Å². The van der Waals surface area contributed by atoms with Crippen LogP contribution in [-0.2, 0) is 17.8 Å². The van der Waals surface area contributed by atoms with E-state index < -0.39 is 0 Å². The van der Waals surface area contributed by atoms with Gasteiger partial charge in [0.25, 0.3) is 0 Å². The first-order valence-electron chi connectivity index (χ1n) is 9.87. The van der Waals surface area contributed by atoms with Crippen molar-refractivity contribution in [2.24, 2.45) is 5.92 Å². The van der Waals surface area contributed by atoms with E-state index in [1.54, 1.807) is 0 Å². The normalized spacial score (nSPS) is 19.8. The highest BCUT2D eigenvalue weighted by atomic mass is 16.2. The molecule has 26 heavy (non-hydrogen) atoms. The number of benzene rings is 2. The van der Waals surface area contributed by atoms with Crippen molar-refractivity contribution < 1.29 is 4.79 Å². The minimum absolute atomic E-state index is 0.194. The lowest BCUT2D eigenvalue weighted by molar-refractivity contribution is -0.138. The summed E-state index contributed by atoms with van der Waals surface area (Å²) in [5.74, 6) is 0.561. The predicted molar refractivity (Wildman–Crippen MR) is 105 cm³/mol. The fourth-order valence-electron chi connectivity index (χ4n) is 4.42. The molecule has 1 atom stereocenters. The van der Waals surface area contributed by atoms with Gasteiger partial charge < -0.3 is 4.90 Å². The van der Waals surface area contributed by atoms with Gasteiger partial charge in [-0.05, 0) is 56.0 Å². The van der Waals surface area contributed by atoms with Gasteiger partial charge in [0.05, 0.1) is 0 Å². The van der Waals surface area contributed by atoms with E-state index >= 15 is 0 Å². The summed E-state index contributed by atoms with van der Waals surface area (Å²) in [7, 11) is 0. The van der Waals surface area contributed by atoms with Crippen LogP contribution in [0.1, 0.15) is 42.5 Å².